The summed E-state index contributed by atoms with van der Waals surface area (Å²) in [5.41, 5.74) is 7.42. The van der Waals surface area contributed by atoms with Crippen LogP contribution in [0.25, 0.3) is 21.8 Å². The van der Waals surface area contributed by atoms with Crippen molar-refractivity contribution in [1.82, 2.24) is 9.88 Å². The number of carbonyl (C=O) groups is 2. The van der Waals surface area contributed by atoms with Crippen molar-refractivity contribution in [3.05, 3.63) is 82.9 Å². The number of nitrogens with zero attached hydrogens (tertiary/aromatic N) is 1. The molecule has 7 heteroatoms. The summed E-state index contributed by atoms with van der Waals surface area (Å²) < 4.78 is 5.65. The second kappa shape index (κ2) is 15.0. The summed E-state index contributed by atoms with van der Waals surface area (Å²) in [6.45, 7) is 4.91. The van der Waals surface area contributed by atoms with E-state index in [-0.39, 0.29) is 6.61 Å². The number of rotatable bonds is 16. The number of aliphatic carboxylic acids is 1. The second-order valence-corrected chi connectivity index (χ2v) is 11.4. The number of aryl methyl sites for hydroxylation is 4. The van der Waals surface area contributed by atoms with Crippen LogP contribution < -0.4 is 0 Å². The van der Waals surface area contributed by atoms with Crippen LogP contribution in [0.3, 0.4) is 0 Å². The number of unbranched alkanes of at least 4 members (excludes halogenated alkanes) is 4. The van der Waals surface area contributed by atoms with Gasteiger partial charge in [0.25, 0.3) is 5.91 Å². The Kier molecular flexibility index (Phi) is 11.2. The Morgan fingerprint density at radius 3 is 2.21 bits per heavy atom. The number of carboxylic acids is 1. The average Bonchev–Trinajstić information content (AvgIpc) is 3.35. The Labute approximate surface area is 248 Å². The van der Waals surface area contributed by atoms with Crippen LogP contribution in [0.1, 0.15) is 60.8 Å². The van der Waals surface area contributed by atoms with Gasteiger partial charge in [-0.05, 0) is 92.8 Å². The highest BCUT2D eigenvalue weighted by Crippen LogP contribution is 2.26. The summed E-state index contributed by atoms with van der Waals surface area (Å²) in [5.74, 6) is -1.95. The number of hydrogen-bond donors (Lipinski definition) is 3. The van der Waals surface area contributed by atoms with E-state index < -0.39 is 24.1 Å². The number of aromatic nitrogens is 1. The number of carboxylic acid groups (broad SMARTS) is 1. The van der Waals surface area contributed by atoms with Gasteiger partial charge in [-0.2, -0.15) is 0 Å². The minimum atomic E-state index is -1.89. The molecule has 224 valence electrons. The minimum absolute atomic E-state index is 0.224. The zero-order chi connectivity index (χ0) is 30.1. The lowest BCUT2D eigenvalue weighted by Crippen LogP contribution is -2.48. The lowest BCUT2D eigenvalue weighted by Gasteiger charge is -2.25. The van der Waals surface area contributed by atoms with Crippen molar-refractivity contribution < 1.29 is 24.5 Å². The summed E-state index contributed by atoms with van der Waals surface area (Å²) in [4.78, 5) is 29.4. The fourth-order valence-corrected chi connectivity index (χ4v) is 5.44. The highest BCUT2D eigenvalue weighted by Gasteiger charge is 2.34. The normalized spacial score (nSPS) is 13.0. The third-order valence-corrected chi connectivity index (χ3v) is 8.17. The topological polar surface area (TPSA) is 103 Å². The first-order valence-electron chi connectivity index (χ1n) is 15.1. The Hall–Kier alpha value is -3.68. The molecule has 3 N–H and O–H groups in total. The number of likely N-dealkylation sites (N-methyl/N-ethyl adjacent to an activating group) is 1. The molecule has 2 atom stereocenters. The molecule has 4 rings (SSSR count). The van der Waals surface area contributed by atoms with Crippen molar-refractivity contribution in [2.45, 2.75) is 77.4 Å². The predicted molar refractivity (Wildman–Crippen MR) is 168 cm³/mol. The molecule has 0 radical (unpaired) electrons. The van der Waals surface area contributed by atoms with E-state index in [1.54, 1.807) is 7.05 Å². The van der Waals surface area contributed by atoms with Gasteiger partial charge in [0.1, 0.15) is 0 Å². The van der Waals surface area contributed by atoms with Crippen LogP contribution in [0.4, 0.5) is 0 Å². The molecule has 7 nitrogen and oxygen atoms in total. The Balaban J connectivity index is 1.18. The Bertz CT molecular complexity index is 1490. The molecule has 0 saturated heterocycles. The fourth-order valence-electron chi connectivity index (χ4n) is 5.44. The van der Waals surface area contributed by atoms with Gasteiger partial charge in [0.05, 0.1) is 0 Å². The standard InChI is InChI=1S/C35H44N2O5/c1-24-16-17-26(22-25(24)2)12-7-5-11-21-42-33(32(38)35(40)41)34(39)37(3)20-10-4-6-13-27-18-19-31-29(23-27)28-14-8-9-15-30(28)36-31/h8-9,14-19,22-23,32-33,36,38H,4-7,10-13,20-21H2,1-3H3,(H,40,41). The van der Waals surface area contributed by atoms with Crippen LogP contribution in [-0.2, 0) is 27.2 Å². The summed E-state index contributed by atoms with van der Waals surface area (Å²) >= 11 is 0. The van der Waals surface area contributed by atoms with E-state index in [4.69, 9.17) is 4.74 Å². The zero-order valence-corrected chi connectivity index (χ0v) is 25.1. The lowest BCUT2D eigenvalue weighted by atomic mass is 10.0. The predicted octanol–water partition coefficient (Wildman–Crippen LogP) is 6.35. The first kappa shape index (κ1) is 31.3. The number of ether oxygens (including phenoxy) is 1. The molecule has 0 aliphatic rings. The maximum Gasteiger partial charge on any atom is 0.335 e. The van der Waals surface area contributed by atoms with Gasteiger partial charge in [0.2, 0.25) is 0 Å². The van der Waals surface area contributed by atoms with Crippen LogP contribution >= 0.6 is 0 Å². The van der Waals surface area contributed by atoms with Gasteiger partial charge in [-0.3, -0.25) is 4.79 Å². The molecule has 0 spiro atoms. The fraction of sp³-hybridized carbons (Fsp3) is 0.429. The third kappa shape index (κ3) is 8.20. The van der Waals surface area contributed by atoms with Crippen LogP contribution in [0.2, 0.25) is 0 Å². The molecule has 2 unspecified atom stereocenters. The van der Waals surface area contributed by atoms with E-state index in [2.05, 4.69) is 73.4 Å². The van der Waals surface area contributed by atoms with Crippen molar-refractivity contribution in [3.63, 3.8) is 0 Å². The van der Waals surface area contributed by atoms with Crippen LogP contribution in [0, 0.1) is 13.8 Å². The average molecular weight is 573 g/mol. The van der Waals surface area contributed by atoms with Crippen LogP contribution in [0.5, 0.6) is 0 Å². The number of amides is 1. The number of benzene rings is 3. The first-order chi connectivity index (χ1) is 20.2. The van der Waals surface area contributed by atoms with E-state index >= 15 is 0 Å². The molecule has 3 aromatic carbocycles. The first-order valence-corrected chi connectivity index (χ1v) is 15.1. The van der Waals surface area contributed by atoms with Crippen LogP contribution in [-0.4, -0.2) is 64.4 Å². The second-order valence-electron chi connectivity index (χ2n) is 11.4. The minimum Gasteiger partial charge on any atom is -0.479 e. The summed E-state index contributed by atoms with van der Waals surface area (Å²) in [5, 5.41) is 22.0. The number of fused-ring (bicyclic) bond motifs is 3. The van der Waals surface area contributed by atoms with Crippen LogP contribution in [0.15, 0.2) is 60.7 Å². The van der Waals surface area contributed by atoms with Crippen molar-refractivity contribution in [1.29, 1.82) is 0 Å². The number of nitrogens with one attached hydrogen (secondary N) is 1. The molecule has 0 saturated carbocycles. The molecule has 42 heavy (non-hydrogen) atoms. The number of H-pyrrole nitrogens is 1. The lowest BCUT2D eigenvalue weighted by molar-refractivity contribution is -0.166. The van der Waals surface area contributed by atoms with Gasteiger partial charge in [0, 0.05) is 42.0 Å². The van der Waals surface area contributed by atoms with E-state index in [1.165, 1.54) is 37.9 Å². The molecule has 0 aliphatic heterocycles. The molecular weight excluding hydrogens is 528 g/mol. The van der Waals surface area contributed by atoms with Crippen molar-refractivity contribution in [2.24, 2.45) is 0 Å². The molecular formula is C35H44N2O5. The molecule has 1 aromatic heterocycles. The molecule has 0 fully saturated rings. The molecule has 0 bridgehead atoms. The molecule has 1 amide bonds. The van der Waals surface area contributed by atoms with Gasteiger partial charge >= 0.3 is 5.97 Å². The maximum absolute atomic E-state index is 13.0. The van der Waals surface area contributed by atoms with Gasteiger partial charge in [0.15, 0.2) is 12.2 Å². The summed E-state index contributed by atoms with van der Waals surface area (Å²) in [6, 6.07) is 21.4. The largest absolute Gasteiger partial charge is 0.479 e. The third-order valence-electron chi connectivity index (χ3n) is 8.17. The highest BCUT2D eigenvalue weighted by atomic mass is 16.5. The van der Waals surface area contributed by atoms with Gasteiger partial charge in [-0.1, -0.05) is 55.3 Å². The van der Waals surface area contributed by atoms with Gasteiger partial charge in [-0.15, -0.1) is 0 Å². The van der Waals surface area contributed by atoms with E-state index in [0.717, 1.165) is 56.0 Å². The monoisotopic (exact) mass is 572 g/mol. The summed E-state index contributed by atoms with van der Waals surface area (Å²) in [6.07, 6.45) is 3.85. The number of aromatic amines is 1. The highest BCUT2D eigenvalue weighted by molar-refractivity contribution is 6.07. The molecule has 4 aromatic rings. The SMILES string of the molecule is Cc1ccc(CCCCCOC(C(=O)N(C)CCCCCc2ccc3[nH]c4ccccc4c3c2)C(O)C(=O)O)cc1C. The Morgan fingerprint density at radius 1 is 0.810 bits per heavy atom. The van der Waals surface area contributed by atoms with E-state index in [1.807, 2.05) is 6.07 Å². The number of aliphatic hydroxyl groups is 1. The van der Waals surface area contributed by atoms with E-state index in [0.29, 0.717) is 13.0 Å². The number of para-hydroxylation sites is 1. The number of aliphatic hydroxyl groups excluding tert-OH is 1. The number of carbonyl (C=O) groups excluding carboxylic acids is 1. The summed E-state index contributed by atoms with van der Waals surface area (Å²) in [7, 11) is 1.64. The maximum atomic E-state index is 13.0. The zero-order valence-electron chi connectivity index (χ0n) is 25.1. The van der Waals surface area contributed by atoms with E-state index in [9.17, 15) is 19.8 Å². The van der Waals surface area contributed by atoms with Crippen molar-refractivity contribution >= 4 is 33.7 Å². The van der Waals surface area contributed by atoms with Gasteiger partial charge in [-0.25, -0.2) is 4.79 Å². The van der Waals surface area contributed by atoms with Gasteiger partial charge < -0.3 is 24.8 Å². The van der Waals surface area contributed by atoms with Crippen molar-refractivity contribution in [2.75, 3.05) is 20.2 Å². The molecule has 0 aliphatic carbocycles. The molecule has 1 heterocycles. The van der Waals surface area contributed by atoms with Crippen molar-refractivity contribution in [3.8, 4) is 0 Å². The number of hydrogen-bond acceptors (Lipinski definition) is 4. The quantitative estimate of drug-likeness (QED) is 0.136. The smallest absolute Gasteiger partial charge is 0.335 e. The Morgan fingerprint density at radius 2 is 1.48 bits per heavy atom.